The van der Waals surface area contributed by atoms with E-state index in [0.717, 1.165) is 27.8 Å². The first-order valence-corrected chi connectivity index (χ1v) is 12.9. The third-order valence-electron chi connectivity index (χ3n) is 7.50. The van der Waals surface area contributed by atoms with Crippen molar-refractivity contribution in [1.29, 1.82) is 0 Å². The maximum Gasteiger partial charge on any atom is 0.165 e. The molecule has 0 aliphatic carbocycles. The van der Waals surface area contributed by atoms with Crippen molar-refractivity contribution in [3.63, 3.8) is 0 Å². The molecule has 0 atom stereocenters. The SMILES string of the molecule is c1ccc(-c2ccc3nc4c5cc6sc7ccccc7c6c6c7ccccc7n(c4nc3c2)c56)cc1. The molecule has 0 saturated heterocycles. The molecule has 0 aliphatic rings. The fourth-order valence-corrected chi connectivity index (χ4v) is 7.12. The predicted octanol–water partition coefficient (Wildman–Crippen LogP) is 8.81. The maximum absolute atomic E-state index is 5.25. The van der Waals surface area contributed by atoms with Crippen LogP contribution in [0, 0.1) is 0 Å². The number of fused-ring (bicyclic) bond motifs is 11. The Labute approximate surface area is 209 Å². The van der Waals surface area contributed by atoms with E-state index in [1.54, 1.807) is 0 Å². The van der Waals surface area contributed by atoms with E-state index in [9.17, 15) is 0 Å². The second-order valence-electron chi connectivity index (χ2n) is 9.44. The molecule has 4 heterocycles. The molecule has 9 rings (SSSR count). The summed E-state index contributed by atoms with van der Waals surface area (Å²) in [6.07, 6.45) is 0. The van der Waals surface area contributed by atoms with E-state index in [-0.39, 0.29) is 0 Å². The van der Waals surface area contributed by atoms with Crippen LogP contribution in [-0.4, -0.2) is 14.4 Å². The summed E-state index contributed by atoms with van der Waals surface area (Å²) in [5, 5.41) is 6.42. The molecule has 0 radical (unpaired) electrons. The van der Waals surface area contributed by atoms with Crippen LogP contribution >= 0.6 is 11.3 Å². The highest BCUT2D eigenvalue weighted by molar-refractivity contribution is 7.26. The van der Waals surface area contributed by atoms with E-state index in [2.05, 4.69) is 101 Å². The van der Waals surface area contributed by atoms with E-state index in [4.69, 9.17) is 9.97 Å². The van der Waals surface area contributed by atoms with Gasteiger partial charge in [-0.3, -0.25) is 4.40 Å². The molecule has 9 aromatic rings. The van der Waals surface area contributed by atoms with Crippen molar-refractivity contribution in [1.82, 2.24) is 14.4 Å². The molecular formula is C32H17N3S. The highest BCUT2D eigenvalue weighted by Gasteiger charge is 2.23. The van der Waals surface area contributed by atoms with Gasteiger partial charge in [-0.2, -0.15) is 0 Å². The molecule has 0 amide bonds. The minimum atomic E-state index is 0.918. The monoisotopic (exact) mass is 475 g/mol. The lowest BCUT2D eigenvalue weighted by atomic mass is 10.0. The highest BCUT2D eigenvalue weighted by Crippen LogP contribution is 2.47. The van der Waals surface area contributed by atoms with Gasteiger partial charge in [-0.1, -0.05) is 72.8 Å². The largest absolute Gasteiger partial charge is 0.291 e. The summed E-state index contributed by atoms with van der Waals surface area (Å²) < 4.78 is 4.96. The fraction of sp³-hybridized carbons (Fsp3) is 0. The zero-order valence-corrected chi connectivity index (χ0v) is 19.9. The summed E-state index contributed by atoms with van der Waals surface area (Å²) in [5.74, 6) is 0. The lowest BCUT2D eigenvalue weighted by Gasteiger charge is -2.04. The van der Waals surface area contributed by atoms with Gasteiger partial charge in [0.05, 0.1) is 22.1 Å². The van der Waals surface area contributed by atoms with Gasteiger partial charge in [0.25, 0.3) is 0 Å². The van der Waals surface area contributed by atoms with E-state index < -0.39 is 0 Å². The van der Waals surface area contributed by atoms with Crippen LogP contribution in [0.1, 0.15) is 0 Å². The minimum absolute atomic E-state index is 0.918. The first-order valence-electron chi connectivity index (χ1n) is 12.1. The standard InChI is InChI=1S/C32H17N3S/c1-2-8-18(9-3-1)19-14-15-23-24(16-19)34-32-30(33-23)22-17-27-28(21-11-5-7-13-26(21)36-27)29-20-10-4-6-12-25(20)35(32)31(22)29/h1-17H. The van der Waals surface area contributed by atoms with Crippen molar-refractivity contribution < 1.29 is 0 Å². The molecule has 5 aromatic carbocycles. The topological polar surface area (TPSA) is 30.2 Å². The Bertz CT molecular complexity index is 2310. The van der Waals surface area contributed by atoms with Crippen LogP contribution in [0.5, 0.6) is 0 Å². The van der Waals surface area contributed by atoms with E-state index in [1.807, 2.05) is 17.4 Å². The van der Waals surface area contributed by atoms with E-state index in [1.165, 1.54) is 52.9 Å². The Morgan fingerprint density at radius 1 is 0.556 bits per heavy atom. The second-order valence-corrected chi connectivity index (χ2v) is 10.5. The van der Waals surface area contributed by atoms with Crippen molar-refractivity contribution in [3.8, 4) is 11.1 Å². The Kier molecular flexibility index (Phi) is 3.42. The lowest BCUT2D eigenvalue weighted by Crippen LogP contribution is -1.90. The molecule has 4 aromatic heterocycles. The van der Waals surface area contributed by atoms with Gasteiger partial charge < -0.3 is 0 Å². The number of benzene rings is 5. The van der Waals surface area contributed by atoms with Crippen LogP contribution in [0.2, 0.25) is 0 Å². The lowest BCUT2D eigenvalue weighted by molar-refractivity contribution is 1.28. The van der Waals surface area contributed by atoms with Crippen molar-refractivity contribution >= 4 is 80.9 Å². The normalized spacial score (nSPS) is 12.4. The molecule has 4 heteroatoms. The predicted molar refractivity (Wildman–Crippen MR) is 153 cm³/mol. The van der Waals surface area contributed by atoms with Gasteiger partial charge >= 0.3 is 0 Å². The smallest absolute Gasteiger partial charge is 0.165 e. The summed E-state index contributed by atoms with van der Waals surface area (Å²) in [4.78, 5) is 10.4. The molecule has 0 fully saturated rings. The van der Waals surface area contributed by atoms with Crippen molar-refractivity contribution in [2.45, 2.75) is 0 Å². The summed E-state index contributed by atoms with van der Waals surface area (Å²) in [6, 6.07) is 36.7. The molecule has 0 unspecified atom stereocenters. The van der Waals surface area contributed by atoms with Crippen LogP contribution in [0.4, 0.5) is 0 Å². The Balaban J connectivity index is 1.50. The number of thiophene rings is 1. The van der Waals surface area contributed by atoms with Gasteiger partial charge in [0.2, 0.25) is 0 Å². The highest BCUT2D eigenvalue weighted by atomic mass is 32.1. The van der Waals surface area contributed by atoms with Crippen LogP contribution in [0.3, 0.4) is 0 Å². The molecule has 0 aliphatic heterocycles. The van der Waals surface area contributed by atoms with Crippen molar-refractivity contribution in [3.05, 3.63) is 103 Å². The molecular weight excluding hydrogens is 458 g/mol. The number of rotatable bonds is 1. The molecule has 0 bridgehead atoms. The number of aromatic nitrogens is 3. The Morgan fingerprint density at radius 2 is 1.36 bits per heavy atom. The number of hydrogen-bond acceptors (Lipinski definition) is 3. The van der Waals surface area contributed by atoms with Gasteiger partial charge in [-0.05, 0) is 41.5 Å². The first-order chi connectivity index (χ1) is 17.8. The number of nitrogens with zero attached hydrogens (tertiary/aromatic N) is 3. The quantitative estimate of drug-likeness (QED) is 0.237. The summed E-state index contributed by atoms with van der Waals surface area (Å²) in [5.41, 5.74) is 8.49. The second kappa shape index (κ2) is 6.56. The van der Waals surface area contributed by atoms with Gasteiger partial charge in [0, 0.05) is 36.3 Å². The number of para-hydroxylation sites is 1. The zero-order chi connectivity index (χ0) is 23.4. The number of hydrogen-bond donors (Lipinski definition) is 0. The van der Waals surface area contributed by atoms with Crippen LogP contribution in [0.25, 0.3) is 80.7 Å². The van der Waals surface area contributed by atoms with Crippen molar-refractivity contribution in [2.75, 3.05) is 0 Å². The van der Waals surface area contributed by atoms with Crippen LogP contribution < -0.4 is 0 Å². The molecule has 3 nitrogen and oxygen atoms in total. The van der Waals surface area contributed by atoms with Gasteiger partial charge in [-0.15, -0.1) is 11.3 Å². The van der Waals surface area contributed by atoms with Gasteiger partial charge in [-0.25, -0.2) is 9.97 Å². The van der Waals surface area contributed by atoms with Crippen molar-refractivity contribution in [2.24, 2.45) is 0 Å². The molecule has 36 heavy (non-hydrogen) atoms. The average molecular weight is 476 g/mol. The minimum Gasteiger partial charge on any atom is -0.291 e. The average Bonchev–Trinajstić information content (AvgIpc) is 3.57. The molecule has 0 spiro atoms. The maximum atomic E-state index is 5.25. The fourth-order valence-electron chi connectivity index (χ4n) is 5.96. The molecule has 0 saturated carbocycles. The molecule has 166 valence electrons. The zero-order valence-electron chi connectivity index (χ0n) is 19.1. The Morgan fingerprint density at radius 3 is 2.28 bits per heavy atom. The van der Waals surface area contributed by atoms with Gasteiger partial charge in [0.15, 0.2) is 5.65 Å². The Hall–Kier alpha value is -4.54. The third-order valence-corrected chi connectivity index (χ3v) is 8.62. The summed E-state index contributed by atoms with van der Waals surface area (Å²) in [6.45, 7) is 0. The van der Waals surface area contributed by atoms with Gasteiger partial charge in [0.1, 0.15) is 5.52 Å². The van der Waals surface area contributed by atoms with Crippen LogP contribution in [0.15, 0.2) is 103 Å². The summed E-state index contributed by atoms with van der Waals surface area (Å²) >= 11 is 1.86. The summed E-state index contributed by atoms with van der Waals surface area (Å²) in [7, 11) is 0. The van der Waals surface area contributed by atoms with E-state index in [0.29, 0.717) is 0 Å². The van der Waals surface area contributed by atoms with Crippen LogP contribution in [-0.2, 0) is 0 Å². The first kappa shape index (κ1) is 18.7. The van der Waals surface area contributed by atoms with E-state index >= 15 is 0 Å². The third kappa shape index (κ3) is 2.27. The molecule has 0 N–H and O–H groups in total.